The molecule has 25 heavy (non-hydrogen) atoms. The summed E-state index contributed by atoms with van der Waals surface area (Å²) >= 11 is 0. The van der Waals surface area contributed by atoms with Gasteiger partial charge in [0, 0.05) is 13.0 Å². The van der Waals surface area contributed by atoms with Crippen LogP contribution >= 0.6 is 0 Å². The zero-order chi connectivity index (χ0) is 18.2. The summed E-state index contributed by atoms with van der Waals surface area (Å²) in [4.78, 5) is 14.3. The molecule has 0 saturated heterocycles. The molecule has 4 nitrogen and oxygen atoms in total. The van der Waals surface area contributed by atoms with Crippen molar-refractivity contribution in [3.8, 4) is 0 Å². The molecule has 0 aliphatic carbocycles. The molecular formula is C19H24F2N2O2. The van der Waals surface area contributed by atoms with Gasteiger partial charge in [-0.15, -0.1) is 0 Å². The fourth-order valence-electron chi connectivity index (χ4n) is 2.84. The minimum absolute atomic E-state index is 0.0557. The molecule has 136 valence electrons. The van der Waals surface area contributed by atoms with Crippen LogP contribution in [0.15, 0.2) is 41.0 Å². The van der Waals surface area contributed by atoms with Gasteiger partial charge >= 0.3 is 0 Å². The maximum absolute atomic E-state index is 13.6. The fourth-order valence-corrected chi connectivity index (χ4v) is 2.84. The third-order valence-corrected chi connectivity index (χ3v) is 4.25. The number of rotatable bonds is 9. The lowest BCUT2D eigenvalue weighted by Gasteiger charge is -2.28. The van der Waals surface area contributed by atoms with Crippen molar-refractivity contribution in [2.75, 3.05) is 19.6 Å². The molecule has 2 rings (SSSR count). The molecule has 0 radical (unpaired) electrons. The van der Waals surface area contributed by atoms with Gasteiger partial charge in [0.2, 0.25) is 5.91 Å². The fraction of sp³-hybridized carbons (Fsp3) is 0.421. The Labute approximate surface area is 146 Å². The largest absolute Gasteiger partial charge is 0.468 e. The highest BCUT2D eigenvalue weighted by Gasteiger charge is 2.21. The van der Waals surface area contributed by atoms with Crippen LogP contribution in [0.4, 0.5) is 8.78 Å². The van der Waals surface area contributed by atoms with E-state index in [0.29, 0.717) is 6.54 Å². The highest BCUT2D eigenvalue weighted by molar-refractivity contribution is 5.76. The molecule has 1 N–H and O–H groups in total. The smallest absolute Gasteiger partial charge is 0.220 e. The van der Waals surface area contributed by atoms with E-state index < -0.39 is 11.6 Å². The Balaban J connectivity index is 1.91. The quantitative estimate of drug-likeness (QED) is 0.750. The number of aryl methyl sites for hydroxylation is 1. The van der Waals surface area contributed by atoms with E-state index in [4.69, 9.17) is 4.42 Å². The Morgan fingerprint density at radius 1 is 1.24 bits per heavy atom. The van der Waals surface area contributed by atoms with E-state index in [-0.39, 0.29) is 30.4 Å². The topological polar surface area (TPSA) is 45.5 Å². The number of carbonyl (C=O) groups is 1. The van der Waals surface area contributed by atoms with E-state index in [1.807, 2.05) is 26.0 Å². The highest BCUT2D eigenvalue weighted by atomic mass is 19.1. The summed E-state index contributed by atoms with van der Waals surface area (Å²) < 4.78 is 32.3. The number of hydrogen-bond acceptors (Lipinski definition) is 3. The van der Waals surface area contributed by atoms with E-state index >= 15 is 0 Å². The maximum Gasteiger partial charge on any atom is 0.220 e. The standard InChI is InChI=1S/C19H24F2N2O2/c1-3-23(4-2)17(18-6-5-11-25-18)13-22-19(24)10-7-14-12-15(20)8-9-16(14)21/h5-6,8-9,11-12,17H,3-4,7,10,13H2,1-2H3,(H,22,24). The Bertz CT molecular complexity index is 670. The van der Waals surface area contributed by atoms with Gasteiger partial charge in [0.15, 0.2) is 0 Å². The van der Waals surface area contributed by atoms with Crippen molar-refractivity contribution in [3.63, 3.8) is 0 Å². The van der Waals surface area contributed by atoms with Crippen LogP contribution in [-0.4, -0.2) is 30.4 Å². The second-order valence-electron chi connectivity index (χ2n) is 5.79. The van der Waals surface area contributed by atoms with E-state index in [1.54, 1.807) is 6.26 Å². The molecule has 1 aromatic carbocycles. The van der Waals surface area contributed by atoms with Crippen molar-refractivity contribution in [1.82, 2.24) is 10.2 Å². The second-order valence-corrected chi connectivity index (χ2v) is 5.79. The summed E-state index contributed by atoms with van der Waals surface area (Å²) in [6, 6.07) is 6.93. The van der Waals surface area contributed by atoms with Gasteiger partial charge in [-0.05, 0) is 55.4 Å². The van der Waals surface area contributed by atoms with Crippen LogP contribution in [0.1, 0.15) is 37.6 Å². The number of likely N-dealkylation sites (N-methyl/N-ethyl adjacent to an activating group) is 1. The lowest BCUT2D eigenvalue weighted by atomic mass is 10.1. The molecule has 1 aromatic heterocycles. The first-order valence-electron chi connectivity index (χ1n) is 8.53. The third-order valence-electron chi connectivity index (χ3n) is 4.25. The molecule has 2 aromatic rings. The molecule has 0 aliphatic rings. The van der Waals surface area contributed by atoms with Crippen molar-refractivity contribution in [3.05, 3.63) is 59.6 Å². The summed E-state index contributed by atoms with van der Waals surface area (Å²) in [5, 5.41) is 2.87. The van der Waals surface area contributed by atoms with E-state index in [1.165, 1.54) is 0 Å². The molecule has 6 heteroatoms. The summed E-state index contributed by atoms with van der Waals surface area (Å²) in [6.07, 6.45) is 1.87. The Morgan fingerprint density at radius 3 is 2.64 bits per heavy atom. The molecule has 1 amide bonds. The SMILES string of the molecule is CCN(CC)C(CNC(=O)CCc1cc(F)ccc1F)c1ccco1. The van der Waals surface area contributed by atoms with Crippen LogP contribution < -0.4 is 5.32 Å². The highest BCUT2D eigenvalue weighted by Crippen LogP contribution is 2.20. The van der Waals surface area contributed by atoms with Crippen molar-refractivity contribution in [2.24, 2.45) is 0 Å². The maximum atomic E-state index is 13.6. The Hall–Kier alpha value is -2.21. The van der Waals surface area contributed by atoms with Crippen LogP contribution in [-0.2, 0) is 11.2 Å². The average Bonchev–Trinajstić information content (AvgIpc) is 3.13. The zero-order valence-electron chi connectivity index (χ0n) is 14.6. The molecule has 0 aliphatic heterocycles. The number of nitrogens with one attached hydrogen (secondary N) is 1. The number of nitrogens with zero attached hydrogens (tertiary/aromatic N) is 1. The predicted octanol–water partition coefficient (Wildman–Crippen LogP) is 3.69. The van der Waals surface area contributed by atoms with Crippen molar-refractivity contribution < 1.29 is 18.0 Å². The molecule has 0 bridgehead atoms. The number of carbonyl (C=O) groups excluding carboxylic acids is 1. The van der Waals surface area contributed by atoms with Gasteiger partial charge in [0.05, 0.1) is 12.3 Å². The van der Waals surface area contributed by atoms with Gasteiger partial charge in [-0.25, -0.2) is 8.78 Å². The third kappa shape index (κ3) is 5.39. The molecular weight excluding hydrogens is 326 g/mol. The van der Waals surface area contributed by atoms with Gasteiger partial charge in [0.1, 0.15) is 17.4 Å². The van der Waals surface area contributed by atoms with Crippen molar-refractivity contribution in [1.29, 1.82) is 0 Å². The van der Waals surface area contributed by atoms with Crippen LogP contribution in [0.25, 0.3) is 0 Å². The van der Waals surface area contributed by atoms with Gasteiger partial charge in [0.25, 0.3) is 0 Å². The number of benzene rings is 1. The lowest BCUT2D eigenvalue weighted by Crippen LogP contribution is -2.38. The predicted molar refractivity (Wildman–Crippen MR) is 92.1 cm³/mol. The monoisotopic (exact) mass is 350 g/mol. The average molecular weight is 350 g/mol. The Kier molecular flexibility index (Phi) is 7.13. The van der Waals surface area contributed by atoms with Crippen LogP contribution in [0, 0.1) is 11.6 Å². The molecule has 0 fully saturated rings. The number of furan rings is 1. The van der Waals surface area contributed by atoms with Gasteiger partial charge in [-0.3, -0.25) is 9.69 Å². The first kappa shape index (κ1) is 19.1. The number of halogens is 2. The zero-order valence-corrected chi connectivity index (χ0v) is 14.6. The summed E-state index contributed by atoms with van der Waals surface area (Å²) in [6.45, 7) is 6.15. The number of amides is 1. The van der Waals surface area contributed by atoms with Crippen LogP contribution in [0.2, 0.25) is 0 Å². The van der Waals surface area contributed by atoms with Crippen LogP contribution in [0.3, 0.4) is 0 Å². The summed E-state index contributed by atoms with van der Waals surface area (Å²) in [5.41, 5.74) is 0.210. The number of hydrogen-bond donors (Lipinski definition) is 1. The summed E-state index contributed by atoms with van der Waals surface area (Å²) in [7, 11) is 0. The molecule has 0 saturated carbocycles. The lowest BCUT2D eigenvalue weighted by molar-refractivity contribution is -0.121. The molecule has 1 unspecified atom stereocenters. The van der Waals surface area contributed by atoms with Crippen LogP contribution in [0.5, 0.6) is 0 Å². The van der Waals surface area contributed by atoms with E-state index in [2.05, 4.69) is 10.2 Å². The van der Waals surface area contributed by atoms with E-state index in [9.17, 15) is 13.6 Å². The summed E-state index contributed by atoms with van der Waals surface area (Å²) in [5.74, 6) is -0.408. The molecule has 0 spiro atoms. The first-order valence-corrected chi connectivity index (χ1v) is 8.53. The first-order chi connectivity index (χ1) is 12.0. The normalized spacial score (nSPS) is 12.4. The van der Waals surface area contributed by atoms with Gasteiger partial charge < -0.3 is 9.73 Å². The molecule has 1 heterocycles. The van der Waals surface area contributed by atoms with Gasteiger partial charge in [-0.2, -0.15) is 0 Å². The Morgan fingerprint density at radius 2 is 2.00 bits per heavy atom. The van der Waals surface area contributed by atoms with Crippen molar-refractivity contribution >= 4 is 5.91 Å². The van der Waals surface area contributed by atoms with Gasteiger partial charge in [-0.1, -0.05) is 13.8 Å². The second kappa shape index (κ2) is 9.32. The van der Waals surface area contributed by atoms with E-state index in [0.717, 1.165) is 37.0 Å². The minimum Gasteiger partial charge on any atom is -0.468 e. The minimum atomic E-state index is -0.503. The van der Waals surface area contributed by atoms with Crippen molar-refractivity contribution in [2.45, 2.75) is 32.7 Å². The molecule has 1 atom stereocenters.